The second kappa shape index (κ2) is 2.89. The van der Waals surface area contributed by atoms with Gasteiger partial charge < -0.3 is 5.11 Å². The third kappa shape index (κ3) is 1.03. The molecule has 0 unspecified atom stereocenters. The first-order chi connectivity index (χ1) is 8.34. The lowest BCUT2D eigenvalue weighted by molar-refractivity contribution is 0.482. The van der Waals surface area contributed by atoms with Gasteiger partial charge in [0.15, 0.2) is 0 Å². The Balaban J connectivity index is 0.000001000. The van der Waals surface area contributed by atoms with E-state index in [2.05, 4.69) is 36.4 Å². The van der Waals surface area contributed by atoms with E-state index >= 15 is 0 Å². The first kappa shape index (κ1) is 8.82. The number of hydrogen-bond donors (Lipinski definition) is 1. The van der Waals surface area contributed by atoms with Crippen LogP contribution in [0, 0.1) is 0 Å². The minimum atomic E-state index is 0. The quantitative estimate of drug-likeness (QED) is 0.434. The van der Waals surface area contributed by atoms with Crippen LogP contribution in [0.4, 0.5) is 0 Å². The van der Waals surface area contributed by atoms with Gasteiger partial charge in [0.1, 0.15) is 5.75 Å². The summed E-state index contributed by atoms with van der Waals surface area (Å²) in [6.07, 6.45) is 0. The molecule has 4 aromatic rings. The molecule has 4 rings (SSSR count). The largest absolute Gasteiger partial charge is 1.00 e. The molecule has 0 bridgehead atoms. The van der Waals surface area contributed by atoms with Crippen molar-refractivity contribution < 1.29 is 6.53 Å². The Bertz CT molecular complexity index is 836. The molecule has 0 amide bonds. The van der Waals surface area contributed by atoms with Crippen molar-refractivity contribution in [1.29, 1.82) is 0 Å². The van der Waals surface area contributed by atoms with Crippen LogP contribution in [-0.2, 0) is 0 Å². The summed E-state index contributed by atoms with van der Waals surface area (Å²) in [4.78, 5) is 0. The average molecular weight is 219 g/mol. The van der Waals surface area contributed by atoms with Crippen LogP contribution in [0.3, 0.4) is 0 Å². The monoisotopic (exact) mass is 219 g/mol. The molecule has 0 heterocycles. The Labute approximate surface area is 99.7 Å². The highest BCUT2D eigenvalue weighted by Gasteiger charge is 2.09. The van der Waals surface area contributed by atoms with Crippen molar-refractivity contribution >= 4 is 32.3 Å². The van der Waals surface area contributed by atoms with E-state index in [1.54, 1.807) is 6.07 Å². The molecule has 0 aliphatic heterocycles. The SMILES string of the molecule is Oc1ccc2ccc3cccc4ccc1c2c34.[H+]. The lowest BCUT2D eigenvalue weighted by atomic mass is 9.94. The zero-order valence-electron chi connectivity index (χ0n) is 10.1. The van der Waals surface area contributed by atoms with Gasteiger partial charge in [0.25, 0.3) is 0 Å². The van der Waals surface area contributed by atoms with Crippen LogP contribution in [0.2, 0.25) is 0 Å². The minimum Gasteiger partial charge on any atom is -0.507 e. The summed E-state index contributed by atoms with van der Waals surface area (Å²) in [5.41, 5.74) is 0. The van der Waals surface area contributed by atoms with Gasteiger partial charge in [-0.05, 0) is 27.6 Å². The van der Waals surface area contributed by atoms with Gasteiger partial charge in [0.2, 0.25) is 0 Å². The Morgan fingerprint density at radius 3 is 2.00 bits per heavy atom. The van der Waals surface area contributed by atoms with Crippen LogP contribution in [0.1, 0.15) is 1.43 Å². The summed E-state index contributed by atoms with van der Waals surface area (Å²) >= 11 is 0. The molecule has 0 saturated heterocycles. The lowest BCUT2D eigenvalue weighted by Gasteiger charge is -2.11. The molecule has 0 aromatic heterocycles. The molecular formula is C16H11O+. The van der Waals surface area contributed by atoms with Gasteiger partial charge in [-0.2, -0.15) is 0 Å². The molecule has 0 aliphatic carbocycles. The maximum Gasteiger partial charge on any atom is 1.00 e. The van der Waals surface area contributed by atoms with Gasteiger partial charge in [-0.3, -0.25) is 0 Å². The smallest absolute Gasteiger partial charge is 0.507 e. The van der Waals surface area contributed by atoms with Crippen molar-refractivity contribution in [2.45, 2.75) is 0 Å². The molecule has 0 spiro atoms. The fourth-order valence-electron chi connectivity index (χ4n) is 2.72. The van der Waals surface area contributed by atoms with Crippen molar-refractivity contribution in [2.75, 3.05) is 0 Å². The fraction of sp³-hybridized carbons (Fsp3) is 0. The Morgan fingerprint density at radius 2 is 1.24 bits per heavy atom. The topological polar surface area (TPSA) is 20.2 Å². The van der Waals surface area contributed by atoms with E-state index in [-0.39, 0.29) is 1.43 Å². The molecule has 4 aromatic carbocycles. The molecule has 0 fully saturated rings. The molecule has 1 N–H and O–H groups in total. The summed E-state index contributed by atoms with van der Waals surface area (Å²) in [5, 5.41) is 16.9. The second-order valence-electron chi connectivity index (χ2n) is 4.44. The van der Waals surface area contributed by atoms with Gasteiger partial charge in [-0.25, -0.2) is 0 Å². The normalized spacial score (nSPS) is 11.8. The Hall–Kier alpha value is -2.28. The Morgan fingerprint density at radius 1 is 0.647 bits per heavy atom. The molecule has 1 heteroatoms. The summed E-state index contributed by atoms with van der Waals surface area (Å²) in [7, 11) is 0. The van der Waals surface area contributed by atoms with Crippen LogP contribution in [0.5, 0.6) is 5.75 Å². The number of rotatable bonds is 0. The van der Waals surface area contributed by atoms with Crippen molar-refractivity contribution in [3.05, 3.63) is 54.6 Å². The van der Waals surface area contributed by atoms with E-state index < -0.39 is 0 Å². The molecule has 17 heavy (non-hydrogen) atoms. The van der Waals surface area contributed by atoms with Crippen molar-refractivity contribution in [1.82, 2.24) is 0 Å². The third-order valence-corrected chi connectivity index (χ3v) is 3.51. The van der Waals surface area contributed by atoms with Gasteiger partial charge in [-0.1, -0.05) is 48.5 Å². The van der Waals surface area contributed by atoms with Gasteiger partial charge in [0.05, 0.1) is 0 Å². The molecule has 0 radical (unpaired) electrons. The number of phenols is 1. The van der Waals surface area contributed by atoms with Crippen LogP contribution < -0.4 is 0 Å². The Kier molecular flexibility index (Phi) is 1.50. The van der Waals surface area contributed by atoms with E-state index in [0.717, 1.165) is 5.39 Å². The predicted molar refractivity (Wildman–Crippen MR) is 72.9 cm³/mol. The number of phenolic OH excluding ortho intramolecular Hbond substituents is 1. The van der Waals surface area contributed by atoms with E-state index in [1.807, 2.05) is 12.1 Å². The highest BCUT2D eigenvalue weighted by Crippen LogP contribution is 2.37. The highest BCUT2D eigenvalue weighted by atomic mass is 16.3. The first-order valence-corrected chi connectivity index (χ1v) is 5.70. The molecular weight excluding hydrogens is 208 g/mol. The lowest BCUT2D eigenvalue weighted by Crippen LogP contribution is -1.83. The van der Waals surface area contributed by atoms with E-state index in [9.17, 15) is 5.11 Å². The standard InChI is InChI=1S/C16H10O/c17-14-9-7-12-5-4-10-2-1-3-11-6-8-13(14)16(12)15(10)11/h1-9,17H/p+1. The maximum absolute atomic E-state index is 9.95. The second-order valence-corrected chi connectivity index (χ2v) is 4.44. The predicted octanol–water partition coefficient (Wildman–Crippen LogP) is 4.40. The summed E-state index contributed by atoms with van der Waals surface area (Å²) in [6, 6.07) is 18.4. The van der Waals surface area contributed by atoms with Crippen LogP contribution in [0.25, 0.3) is 32.3 Å². The number of aromatic hydroxyl groups is 1. The molecule has 0 aliphatic rings. The molecule has 0 saturated carbocycles. The van der Waals surface area contributed by atoms with Crippen molar-refractivity contribution in [3.63, 3.8) is 0 Å². The first-order valence-electron chi connectivity index (χ1n) is 5.70. The highest BCUT2D eigenvalue weighted by molar-refractivity contribution is 6.23. The van der Waals surface area contributed by atoms with E-state index in [1.165, 1.54) is 26.9 Å². The molecule has 80 valence electrons. The zero-order valence-corrected chi connectivity index (χ0v) is 9.14. The summed E-state index contributed by atoms with van der Waals surface area (Å²) < 4.78 is 0. The van der Waals surface area contributed by atoms with Gasteiger partial charge >= 0.3 is 1.43 Å². The van der Waals surface area contributed by atoms with Gasteiger partial charge in [-0.15, -0.1) is 0 Å². The number of hydrogen-bond acceptors (Lipinski definition) is 1. The van der Waals surface area contributed by atoms with Crippen molar-refractivity contribution in [2.24, 2.45) is 0 Å². The fourth-order valence-corrected chi connectivity index (χ4v) is 2.72. The van der Waals surface area contributed by atoms with Gasteiger partial charge in [0, 0.05) is 10.8 Å². The van der Waals surface area contributed by atoms with Crippen LogP contribution >= 0.6 is 0 Å². The van der Waals surface area contributed by atoms with Crippen molar-refractivity contribution in [3.8, 4) is 5.75 Å². The maximum atomic E-state index is 9.95. The summed E-state index contributed by atoms with van der Waals surface area (Å²) in [6.45, 7) is 0. The summed E-state index contributed by atoms with van der Waals surface area (Å²) in [5.74, 6) is 0.357. The zero-order chi connectivity index (χ0) is 11.4. The number of benzene rings is 4. The molecule has 0 atom stereocenters. The average Bonchev–Trinajstić information content (AvgIpc) is 2.38. The third-order valence-electron chi connectivity index (χ3n) is 3.51. The van der Waals surface area contributed by atoms with Crippen LogP contribution in [0.15, 0.2) is 54.6 Å². The van der Waals surface area contributed by atoms with E-state index in [4.69, 9.17) is 0 Å². The van der Waals surface area contributed by atoms with Crippen LogP contribution in [-0.4, -0.2) is 5.11 Å². The van der Waals surface area contributed by atoms with E-state index in [0.29, 0.717) is 5.75 Å². The molecule has 1 nitrogen and oxygen atoms in total. The minimum absolute atomic E-state index is 0.